The lowest BCUT2D eigenvalue weighted by molar-refractivity contribution is 0.0860. The quantitative estimate of drug-likeness (QED) is 0.831. The molecule has 2 nitrogen and oxygen atoms in total. The summed E-state index contributed by atoms with van der Waals surface area (Å²) < 4.78 is 32.6. The maximum atomic E-state index is 13.6. The molecule has 0 bridgehead atoms. The summed E-state index contributed by atoms with van der Waals surface area (Å²) in [5.41, 5.74) is 5.12. The first-order valence-electron chi connectivity index (χ1n) is 6.53. The Labute approximate surface area is 106 Å². The number of ether oxygens (including phenoxy) is 1. The first-order chi connectivity index (χ1) is 8.61. The van der Waals surface area contributed by atoms with E-state index in [0.717, 1.165) is 37.8 Å². The van der Waals surface area contributed by atoms with Gasteiger partial charge in [0.05, 0.1) is 5.69 Å². The topological polar surface area (TPSA) is 35.2 Å². The van der Waals surface area contributed by atoms with Gasteiger partial charge in [-0.3, -0.25) is 0 Å². The maximum absolute atomic E-state index is 13.6. The second-order valence-corrected chi connectivity index (χ2v) is 4.91. The van der Waals surface area contributed by atoms with Crippen molar-refractivity contribution in [2.24, 2.45) is 5.92 Å². The molecular formula is C14H19F2NO. The van der Waals surface area contributed by atoms with Crippen molar-refractivity contribution in [1.82, 2.24) is 0 Å². The fraction of sp³-hybridized carbons (Fsp3) is 0.571. The molecule has 2 rings (SSSR count). The minimum atomic E-state index is -0.629. The van der Waals surface area contributed by atoms with Crippen LogP contribution in [-0.2, 0) is 0 Å². The van der Waals surface area contributed by atoms with E-state index in [1.807, 2.05) is 0 Å². The third-order valence-electron chi connectivity index (χ3n) is 3.69. The number of benzene rings is 1. The van der Waals surface area contributed by atoms with Crippen molar-refractivity contribution in [3.05, 3.63) is 23.8 Å². The van der Waals surface area contributed by atoms with Crippen molar-refractivity contribution in [3.63, 3.8) is 0 Å². The van der Waals surface area contributed by atoms with Crippen LogP contribution in [0.2, 0.25) is 0 Å². The lowest BCUT2D eigenvalue weighted by Crippen LogP contribution is -2.30. The van der Waals surface area contributed by atoms with Gasteiger partial charge in [0.25, 0.3) is 0 Å². The Bertz CT molecular complexity index is 423. The van der Waals surface area contributed by atoms with E-state index in [1.54, 1.807) is 0 Å². The minimum Gasteiger partial charge on any atom is -0.487 e. The second kappa shape index (κ2) is 5.55. The fourth-order valence-corrected chi connectivity index (χ4v) is 2.59. The van der Waals surface area contributed by atoms with E-state index in [0.29, 0.717) is 5.92 Å². The Kier molecular flexibility index (Phi) is 4.04. The van der Waals surface area contributed by atoms with Gasteiger partial charge in [-0.25, -0.2) is 8.78 Å². The van der Waals surface area contributed by atoms with E-state index in [9.17, 15) is 8.78 Å². The molecule has 1 fully saturated rings. The molecule has 1 aromatic carbocycles. The molecular weight excluding hydrogens is 236 g/mol. The van der Waals surface area contributed by atoms with Gasteiger partial charge in [-0.1, -0.05) is 13.3 Å². The van der Waals surface area contributed by atoms with Crippen molar-refractivity contribution in [3.8, 4) is 5.75 Å². The van der Waals surface area contributed by atoms with Crippen molar-refractivity contribution >= 4 is 5.69 Å². The summed E-state index contributed by atoms with van der Waals surface area (Å²) in [6, 6.07) is 2.03. The molecule has 100 valence electrons. The van der Waals surface area contributed by atoms with Gasteiger partial charge in [-0.2, -0.15) is 0 Å². The van der Waals surface area contributed by atoms with Crippen LogP contribution in [0, 0.1) is 17.6 Å². The number of anilines is 1. The largest absolute Gasteiger partial charge is 0.487 e. The highest BCUT2D eigenvalue weighted by Gasteiger charge is 2.26. The molecule has 0 heterocycles. The Morgan fingerprint density at radius 3 is 2.67 bits per heavy atom. The monoisotopic (exact) mass is 255 g/mol. The summed E-state index contributed by atoms with van der Waals surface area (Å²) in [6.45, 7) is 2.10. The Morgan fingerprint density at radius 1 is 1.22 bits per heavy atom. The minimum absolute atomic E-state index is 0.0127. The normalized spacial score (nSPS) is 23.9. The molecule has 0 radical (unpaired) electrons. The van der Waals surface area contributed by atoms with E-state index in [-0.39, 0.29) is 17.5 Å². The zero-order valence-corrected chi connectivity index (χ0v) is 10.6. The molecule has 2 unspecified atom stereocenters. The van der Waals surface area contributed by atoms with Gasteiger partial charge in [0.15, 0.2) is 11.6 Å². The van der Waals surface area contributed by atoms with Crippen LogP contribution in [0.25, 0.3) is 0 Å². The van der Waals surface area contributed by atoms with Gasteiger partial charge < -0.3 is 10.5 Å². The highest BCUT2D eigenvalue weighted by Crippen LogP contribution is 2.32. The Morgan fingerprint density at radius 2 is 1.94 bits per heavy atom. The average Bonchev–Trinajstić information content (AvgIpc) is 2.36. The molecule has 0 aromatic heterocycles. The molecule has 0 aliphatic heterocycles. The van der Waals surface area contributed by atoms with Crippen LogP contribution >= 0.6 is 0 Å². The molecule has 18 heavy (non-hydrogen) atoms. The van der Waals surface area contributed by atoms with Gasteiger partial charge in [0.2, 0.25) is 0 Å². The van der Waals surface area contributed by atoms with Crippen LogP contribution in [-0.4, -0.2) is 6.10 Å². The molecule has 2 N–H and O–H groups in total. The molecule has 0 amide bonds. The van der Waals surface area contributed by atoms with Crippen LogP contribution in [0.5, 0.6) is 5.75 Å². The Balaban J connectivity index is 2.15. The summed E-state index contributed by atoms with van der Waals surface area (Å²) in [5.74, 6) is -0.810. The van der Waals surface area contributed by atoms with E-state index in [4.69, 9.17) is 10.5 Å². The van der Waals surface area contributed by atoms with Crippen molar-refractivity contribution in [1.29, 1.82) is 0 Å². The predicted octanol–water partition coefficient (Wildman–Crippen LogP) is 3.89. The van der Waals surface area contributed by atoms with Gasteiger partial charge >= 0.3 is 0 Å². The standard InChI is InChI=1S/C14H19F2NO/c1-2-9-5-3-4-6-13(9)18-14-8-10(15)12(17)7-11(14)16/h7-9,13H,2-6,17H2,1H3. The van der Waals surface area contributed by atoms with Gasteiger partial charge in [0.1, 0.15) is 11.9 Å². The summed E-state index contributed by atoms with van der Waals surface area (Å²) in [6.07, 6.45) is 5.27. The number of hydrogen-bond acceptors (Lipinski definition) is 2. The van der Waals surface area contributed by atoms with Gasteiger partial charge in [0, 0.05) is 12.1 Å². The SMILES string of the molecule is CCC1CCCCC1Oc1cc(F)c(N)cc1F. The lowest BCUT2D eigenvalue weighted by atomic mass is 9.85. The zero-order chi connectivity index (χ0) is 13.1. The summed E-state index contributed by atoms with van der Waals surface area (Å²) >= 11 is 0. The molecule has 0 saturated heterocycles. The third kappa shape index (κ3) is 2.74. The average molecular weight is 255 g/mol. The molecule has 1 saturated carbocycles. The second-order valence-electron chi connectivity index (χ2n) is 4.91. The highest BCUT2D eigenvalue weighted by molar-refractivity contribution is 5.44. The zero-order valence-electron chi connectivity index (χ0n) is 10.6. The summed E-state index contributed by atoms with van der Waals surface area (Å²) in [5, 5.41) is 0. The van der Waals surface area contributed by atoms with Crippen LogP contribution in [0.4, 0.5) is 14.5 Å². The summed E-state index contributed by atoms with van der Waals surface area (Å²) in [7, 11) is 0. The molecule has 4 heteroatoms. The van der Waals surface area contributed by atoms with E-state index >= 15 is 0 Å². The number of hydrogen-bond donors (Lipinski definition) is 1. The van der Waals surface area contributed by atoms with E-state index < -0.39 is 11.6 Å². The van der Waals surface area contributed by atoms with Crippen molar-refractivity contribution < 1.29 is 13.5 Å². The molecule has 0 spiro atoms. The number of halogens is 2. The van der Waals surface area contributed by atoms with Crippen LogP contribution < -0.4 is 10.5 Å². The van der Waals surface area contributed by atoms with Gasteiger partial charge in [-0.05, 0) is 31.6 Å². The summed E-state index contributed by atoms with van der Waals surface area (Å²) in [4.78, 5) is 0. The maximum Gasteiger partial charge on any atom is 0.167 e. The first kappa shape index (κ1) is 13.1. The smallest absolute Gasteiger partial charge is 0.167 e. The predicted molar refractivity (Wildman–Crippen MR) is 67.4 cm³/mol. The molecule has 1 aliphatic carbocycles. The van der Waals surface area contributed by atoms with Crippen LogP contribution in [0.1, 0.15) is 39.0 Å². The van der Waals surface area contributed by atoms with Crippen LogP contribution in [0.15, 0.2) is 12.1 Å². The lowest BCUT2D eigenvalue weighted by Gasteiger charge is -2.31. The first-order valence-corrected chi connectivity index (χ1v) is 6.53. The van der Waals surface area contributed by atoms with E-state index in [1.165, 1.54) is 6.42 Å². The van der Waals surface area contributed by atoms with Crippen molar-refractivity contribution in [2.75, 3.05) is 5.73 Å². The number of rotatable bonds is 3. The third-order valence-corrected chi connectivity index (χ3v) is 3.69. The fourth-order valence-electron chi connectivity index (χ4n) is 2.59. The van der Waals surface area contributed by atoms with Crippen LogP contribution in [0.3, 0.4) is 0 Å². The molecule has 1 aromatic rings. The van der Waals surface area contributed by atoms with Crippen molar-refractivity contribution in [2.45, 2.75) is 45.1 Å². The highest BCUT2D eigenvalue weighted by atomic mass is 19.1. The molecule has 2 atom stereocenters. The molecule has 1 aliphatic rings. The van der Waals surface area contributed by atoms with Gasteiger partial charge in [-0.15, -0.1) is 0 Å². The number of nitrogen functional groups attached to an aromatic ring is 1. The number of nitrogens with two attached hydrogens (primary N) is 1. The van der Waals surface area contributed by atoms with E-state index in [2.05, 4.69) is 6.92 Å². The Hall–Kier alpha value is -1.32.